The molecule has 0 aliphatic heterocycles. The van der Waals surface area contributed by atoms with Gasteiger partial charge in [-0.1, -0.05) is 23.9 Å². The average molecular weight is 494 g/mol. The van der Waals surface area contributed by atoms with Gasteiger partial charge in [-0.05, 0) is 30.7 Å². The molecule has 8 nitrogen and oxygen atoms in total. The van der Waals surface area contributed by atoms with E-state index in [1.165, 1.54) is 4.57 Å². The van der Waals surface area contributed by atoms with Gasteiger partial charge in [0.15, 0.2) is 22.6 Å². The van der Waals surface area contributed by atoms with Crippen molar-refractivity contribution in [1.29, 1.82) is 0 Å². The number of hydrogen-bond acceptors (Lipinski definition) is 6. The molecule has 0 saturated carbocycles. The van der Waals surface area contributed by atoms with E-state index in [0.29, 0.717) is 41.7 Å². The lowest BCUT2D eigenvalue weighted by atomic mass is 10.2. The van der Waals surface area contributed by atoms with Crippen LogP contribution in [0.5, 0.6) is 0 Å². The minimum atomic E-state index is -1.71. The number of nitrogens with one attached hydrogen (secondary N) is 2. The Morgan fingerprint density at radius 1 is 1.09 bits per heavy atom. The number of benzene rings is 2. The van der Waals surface area contributed by atoms with Crippen LogP contribution in [0.25, 0.3) is 10.9 Å². The van der Waals surface area contributed by atoms with Crippen molar-refractivity contribution in [1.82, 2.24) is 14.9 Å². The summed E-state index contributed by atoms with van der Waals surface area (Å²) in [4.78, 5) is 41.5. The summed E-state index contributed by atoms with van der Waals surface area (Å²) in [7, 11) is 1.55. The highest BCUT2D eigenvalue weighted by molar-refractivity contribution is 7.99. The number of aromatic nitrogens is 2. The Morgan fingerprint density at radius 3 is 2.62 bits per heavy atom. The van der Waals surface area contributed by atoms with E-state index in [9.17, 15) is 27.6 Å². The summed E-state index contributed by atoms with van der Waals surface area (Å²) in [5.41, 5.74) is -0.295. The van der Waals surface area contributed by atoms with Crippen molar-refractivity contribution in [2.24, 2.45) is 0 Å². The van der Waals surface area contributed by atoms with E-state index < -0.39 is 41.5 Å². The van der Waals surface area contributed by atoms with Gasteiger partial charge in [-0.25, -0.2) is 18.2 Å². The first-order chi connectivity index (χ1) is 16.3. The summed E-state index contributed by atoms with van der Waals surface area (Å²) in [6.45, 7) is 0.262. The van der Waals surface area contributed by atoms with Gasteiger partial charge in [0.1, 0.15) is 0 Å². The van der Waals surface area contributed by atoms with E-state index in [0.717, 1.165) is 17.8 Å². The first-order valence-electron chi connectivity index (χ1n) is 10.1. The fourth-order valence-electron chi connectivity index (χ4n) is 3.00. The lowest BCUT2D eigenvalue weighted by Crippen LogP contribution is -2.34. The van der Waals surface area contributed by atoms with Gasteiger partial charge in [0.2, 0.25) is 11.8 Å². The topological polar surface area (TPSA) is 102 Å². The smallest absolute Gasteiger partial charge is 0.262 e. The number of para-hydroxylation sites is 1. The molecule has 0 radical (unpaired) electrons. The summed E-state index contributed by atoms with van der Waals surface area (Å²) in [5.74, 6) is -6.16. The first kappa shape index (κ1) is 25.2. The van der Waals surface area contributed by atoms with Crippen LogP contribution in [0.15, 0.2) is 46.3 Å². The number of nitrogens with zero attached hydrogens (tertiary/aromatic N) is 2. The fourth-order valence-corrected chi connectivity index (χ4v) is 3.85. The molecule has 1 heterocycles. The van der Waals surface area contributed by atoms with Crippen LogP contribution in [-0.2, 0) is 20.9 Å². The summed E-state index contributed by atoms with van der Waals surface area (Å²) >= 11 is 1.02. The molecule has 2 amide bonds. The lowest BCUT2D eigenvalue weighted by Gasteiger charge is -2.13. The van der Waals surface area contributed by atoms with E-state index in [4.69, 9.17) is 4.74 Å². The number of carbonyl (C=O) groups excluding carboxylic acids is 2. The van der Waals surface area contributed by atoms with Crippen molar-refractivity contribution in [2.45, 2.75) is 18.1 Å². The molecule has 0 fully saturated rings. The molecule has 3 rings (SSSR count). The van der Waals surface area contributed by atoms with Crippen LogP contribution < -0.4 is 16.2 Å². The van der Waals surface area contributed by atoms with Crippen molar-refractivity contribution in [3.8, 4) is 0 Å². The van der Waals surface area contributed by atoms with Crippen molar-refractivity contribution in [3.63, 3.8) is 0 Å². The predicted molar refractivity (Wildman–Crippen MR) is 121 cm³/mol. The van der Waals surface area contributed by atoms with Crippen molar-refractivity contribution in [3.05, 3.63) is 64.2 Å². The Labute approximate surface area is 196 Å². The number of rotatable bonds is 10. The summed E-state index contributed by atoms with van der Waals surface area (Å²) in [6.07, 6.45) is 0.566. The first-order valence-corrected chi connectivity index (χ1v) is 11.1. The standard InChI is InChI=1S/C22H21F3N4O4S/c1-33-10-4-9-29-21(32)13-5-2-3-6-15(13)28-22(29)34-12-18(31)26-11-17(30)27-16-8-7-14(23)19(24)20(16)25/h2-3,5-8H,4,9-12H2,1H3,(H,26,31)(H,27,30). The SMILES string of the molecule is COCCCn1c(SCC(=O)NCC(=O)Nc2ccc(F)c(F)c2F)nc2ccccc2c1=O. The molecule has 0 atom stereocenters. The zero-order chi connectivity index (χ0) is 24.7. The Hall–Kier alpha value is -3.38. The van der Waals surface area contributed by atoms with Gasteiger partial charge in [0, 0.05) is 20.3 Å². The monoisotopic (exact) mass is 494 g/mol. The van der Waals surface area contributed by atoms with Gasteiger partial charge in [-0.15, -0.1) is 0 Å². The van der Waals surface area contributed by atoms with Crippen LogP contribution in [0, 0.1) is 17.5 Å². The maximum atomic E-state index is 13.7. The zero-order valence-electron chi connectivity index (χ0n) is 18.1. The maximum absolute atomic E-state index is 13.7. The molecule has 0 spiro atoms. The third-order valence-electron chi connectivity index (χ3n) is 4.64. The summed E-state index contributed by atoms with van der Waals surface area (Å²) in [5, 5.41) is 5.20. The Bertz CT molecular complexity index is 1270. The number of halogens is 3. The van der Waals surface area contributed by atoms with Crippen LogP contribution in [0.2, 0.25) is 0 Å². The van der Waals surface area contributed by atoms with Gasteiger partial charge in [-0.3, -0.25) is 19.0 Å². The zero-order valence-corrected chi connectivity index (χ0v) is 18.9. The number of carbonyl (C=O) groups is 2. The highest BCUT2D eigenvalue weighted by Crippen LogP contribution is 2.20. The van der Waals surface area contributed by atoms with E-state index >= 15 is 0 Å². The van der Waals surface area contributed by atoms with Crippen molar-refractivity contribution >= 4 is 40.2 Å². The number of ether oxygens (including phenoxy) is 1. The predicted octanol–water partition coefficient (Wildman–Crippen LogP) is 2.70. The molecule has 0 unspecified atom stereocenters. The second kappa shape index (κ2) is 11.7. The molecule has 0 aliphatic rings. The minimum Gasteiger partial charge on any atom is -0.385 e. The largest absolute Gasteiger partial charge is 0.385 e. The van der Waals surface area contributed by atoms with E-state index in [1.54, 1.807) is 31.4 Å². The van der Waals surface area contributed by atoms with Gasteiger partial charge in [-0.2, -0.15) is 0 Å². The summed E-state index contributed by atoms with van der Waals surface area (Å²) in [6, 6.07) is 8.40. The highest BCUT2D eigenvalue weighted by Gasteiger charge is 2.16. The molecule has 0 bridgehead atoms. The minimum absolute atomic E-state index is 0.151. The molecule has 1 aromatic heterocycles. The van der Waals surface area contributed by atoms with Gasteiger partial charge < -0.3 is 15.4 Å². The van der Waals surface area contributed by atoms with Crippen LogP contribution in [0.1, 0.15) is 6.42 Å². The van der Waals surface area contributed by atoms with Crippen LogP contribution in [0.3, 0.4) is 0 Å². The summed E-state index contributed by atoms with van der Waals surface area (Å²) < 4.78 is 46.4. The second-order valence-corrected chi connectivity index (χ2v) is 7.99. The Morgan fingerprint density at radius 2 is 1.85 bits per heavy atom. The van der Waals surface area contributed by atoms with E-state index in [2.05, 4.69) is 15.6 Å². The third kappa shape index (κ3) is 6.14. The quantitative estimate of drug-likeness (QED) is 0.195. The number of thioether (sulfide) groups is 1. The van der Waals surface area contributed by atoms with Gasteiger partial charge in [0.05, 0.1) is 28.9 Å². The average Bonchev–Trinajstić information content (AvgIpc) is 2.83. The number of amides is 2. The van der Waals surface area contributed by atoms with Crippen LogP contribution in [0.4, 0.5) is 18.9 Å². The normalized spacial score (nSPS) is 10.9. The molecule has 0 aliphatic carbocycles. The molecule has 180 valence electrons. The Kier molecular flexibility index (Phi) is 8.66. The van der Waals surface area contributed by atoms with Crippen molar-refractivity contribution in [2.75, 3.05) is 31.3 Å². The highest BCUT2D eigenvalue weighted by atomic mass is 32.2. The number of anilines is 1. The third-order valence-corrected chi connectivity index (χ3v) is 5.62. The maximum Gasteiger partial charge on any atom is 0.262 e. The van der Waals surface area contributed by atoms with E-state index in [1.807, 2.05) is 0 Å². The number of hydrogen-bond donors (Lipinski definition) is 2. The molecular weight excluding hydrogens is 473 g/mol. The molecular formula is C22H21F3N4O4S. The van der Waals surface area contributed by atoms with Crippen molar-refractivity contribution < 1.29 is 27.5 Å². The van der Waals surface area contributed by atoms with Gasteiger partial charge in [0.25, 0.3) is 5.56 Å². The fraction of sp³-hybridized carbons (Fsp3) is 0.273. The molecule has 12 heteroatoms. The molecule has 0 saturated heterocycles. The van der Waals surface area contributed by atoms with Crippen LogP contribution >= 0.6 is 11.8 Å². The second-order valence-electron chi connectivity index (χ2n) is 7.05. The van der Waals surface area contributed by atoms with Crippen LogP contribution in [-0.4, -0.2) is 47.4 Å². The van der Waals surface area contributed by atoms with Gasteiger partial charge >= 0.3 is 0 Å². The molecule has 34 heavy (non-hydrogen) atoms. The van der Waals surface area contributed by atoms with E-state index in [-0.39, 0.29) is 11.3 Å². The number of fused-ring (bicyclic) bond motifs is 1. The number of methoxy groups -OCH3 is 1. The molecule has 2 N–H and O–H groups in total. The molecule has 2 aromatic carbocycles. The molecule has 3 aromatic rings. The lowest BCUT2D eigenvalue weighted by molar-refractivity contribution is -0.122. The Balaban J connectivity index is 1.62.